The molecule has 0 aliphatic heterocycles. The summed E-state index contributed by atoms with van der Waals surface area (Å²) in [5.41, 5.74) is -0.0656. The molecule has 2 aromatic rings. The summed E-state index contributed by atoms with van der Waals surface area (Å²) in [7, 11) is 0. The molecular weight excluding hydrogens is 279 g/mol. The van der Waals surface area contributed by atoms with Crippen molar-refractivity contribution in [3.8, 4) is 0 Å². The van der Waals surface area contributed by atoms with E-state index in [9.17, 15) is 14.5 Å². The van der Waals surface area contributed by atoms with Gasteiger partial charge in [0.05, 0.1) is 11.0 Å². The molecule has 0 atom stereocenters. The largest absolute Gasteiger partial charge is 0.379 e. The van der Waals surface area contributed by atoms with Gasteiger partial charge >= 0.3 is 0 Å². The van der Waals surface area contributed by atoms with Crippen LogP contribution in [-0.4, -0.2) is 11.5 Å². The number of anilines is 1. The van der Waals surface area contributed by atoms with E-state index in [-0.39, 0.29) is 11.1 Å². The van der Waals surface area contributed by atoms with Crippen LogP contribution in [0.4, 0.5) is 15.8 Å². The Morgan fingerprint density at radius 1 is 1.40 bits per heavy atom. The molecular formula is C14H15FN2O2S. The lowest BCUT2D eigenvalue weighted by atomic mass is 9.91. The van der Waals surface area contributed by atoms with Crippen molar-refractivity contribution in [3.05, 3.63) is 56.5 Å². The highest BCUT2D eigenvalue weighted by atomic mass is 32.1. The van der Waals surface area contributed by atoms with Gasteiger partial charge in [-0.05, 0) is 23.6 Å². The molecule has 1 heterocycles. The Bertz CT molecular complexity index is 612. The van der Waals surface area contributed by atoms with Crippen molar-refractivity contribution >= 4 is 22.7 Å². The number of nitrogens with one attached hydrogen (secondary N) is 1. The number of hydrogen-bond acceptors (Lipinski definition) is 4. The lowest BCUT2D eigenvalue weighted by Gasteiger charge is -2.24. The summed E-state index contributed by atoms with van der Waals surface area (Å²) in [6, 6.07) is 7.55. The van der Waals surface area contributed by atoms with Crippen LogP contribution in [0.3, 0.4) is 0 Å². The van der Waals surface area contributed by atoms with Crippen LogP contribution in [0.5, 0.6) is 0 Å². The van der Waals surface area contributed by atoms with Crippen LogP contribution in [0.15, 0.2) is 35.7 Å². The van der Waals surface area contributed by atoms with Crippen molar-refractivity contribution in [1.82, 2.24) is 0 Å². The molecule has 0 radical (unpaired) electrons. The predicted octanol–water partition coefficient (Wildman–Crippen LogP) is 4.19. The van der Waals surface area contributed by atoms with E-state index in [2.05, 4.69) is 19.2 Å². The third-order valence-corrected chi connectivity index (χ3v) is 4.30. The molecule has 6 heteroatoms. The highest BCUT2D eigenvalue weighted by Gasteiger charge is 2.23. The van der Waals surface area contributed by atoms with Crippen LogP contribution in [-0.2, 0) is 5.41 Å². The van der Waals surface area contributed by atoms with Crippen LogP contribution in [0.2, 0.25) is 0 Å². The van der Waals surface area contributed by atoms with Crippen molar-refractivity contribution in [3.63, 3.8) is 0 Å². The maximum atomic E-state index is 13.1. The molecule has 0 saturated heterocycles. The second kappa shape index (κ2) is 5.58. The molecule has 2 rings (SSSR count). The van der Waals surface area contributed by atoms with E-state index < -0.39 is 10.7 Å². The van der Waals surface area contributed by atoms with Crippen LogP contribution in [0.25, 0.3) is 0 Å². The van der Waals surface area contributed by atoms with Gasteiger partial charge in [0, 0.05) is 16.8 Å². The minimum absolute atomic E-state index is 0.156. The Hall–Kier alpha value is -1.95. The van der Waals surface area contributed by atoms with Crippen molar-refractivity contribution in [2.75, 3.05) is 11.9 Å². The zero-order chi connectivity index (χ0) is 14.8. The van der Waals surface area contributed by atoms with Crippen LogP contribution in [0.1, 0.15) is 18.7 Å². The van der Waals surface area contributed by atoms with Gasteiger partial charge in [0.15, 0.2) is 0 Å². The minimum atomic E-state index is -0.611. The first-order valence-corrected chi connectivity index (χ1v) is 7.00. The molecule has 0 aliphatic rings. The number of hydrogen-bond donors (Lipinski definition) is 1. The monoisotopic (exact) mass is 294 g/mol. The standard InChI is InChI=1S/C14H15FN2O2S/c1-14(2,13-4-3-7-20-13)9-16-11-6-5-10(15)8-12(11)17(18)19/h3-8,16H,9H2,1-2H3. The molecule has 20 heavy (non-hydrogen) atoms. The molecule has 1 N–H and O–H groups in total. The highest BCUT2D eigenvalue weighted by molar-refractivity contribution is 7.10. The van der Waals surface area contributed by atoms with Crippen LogP contribution >= 0.6 is 11.3 Å². The van der Waals surface area contributed by atoms with Crippen molar-refractivity contribution in [1.29, 1.82) is 0 Å². The number of rotatable bonds is 5. The van der Waals surface area contributed by atoms with Crippen molar-refractivity contribution in [2.24, 2.45) is 0 Å². The molecule has 0 spiro atoms. The molecule has 4 nitrogen and oxygen atoms in total. The highest BCUT2D eigenvalue weighted by Crippen LogP contribution is 2.30. The van der Waals surface area contributed by atoms with Crippen molar-refractivity contribution in [2.45, 2.75) is 19.3 Å². The number of nitro groups is 1. The smallest absolute Gasteiger partial charge is 0.295 e. The fourth-order valence-corrected chi connectivity index (χ4v) is 2.72. The van der Waals surface area contributed by atoms with E-state index in [0.717, 1.165) is 6.07 Å². The Labute approximate surface area is 120 Å². The number of halogens is 1. The lowest BCUT2D eigenvalue weighted by molar-refractivity contribution is -0.384. The summed E-state index contributed by atoms with van der Waals surface area (Å²) in [6.45, 7) is 4.64. The first-order chi connectivity index (χ1) is 9.40. The Morgan fingerprint density at radius 2 is 2.15 bits per heavy atom. The molecule has 1 aromatic carbocycles. The fraction of sp³-hybridized carbons (Fsp3) is 0.286. The topological polar surface area (TPSA) is 55.2 Å². The van der Waals surface area contributed by atoms with E-state index >= 15 is 0 Å². The van der Waals surface area contributed by atoms with Crippen molar-refractivity contribution < 1.29 is 9.31 Å². The minimum Gasteiger partial charge on any atom is -0.379 e. The molecule has 0 aliphatic carbocycles. The van der Waals surface area contributed by atoms with Gasteiger partial charge in [-0.2, -0.15) is 0 Å². The Balaban J connectivity index is 2.17. The van der Waals surface area contributed by atoms with Gasteiger partial charge in [0.2, 0.25) is 0 Å². The molecule has 0 unspecified atom stereocenters. The Morgan fingerprint density at radius 3 is 2.75 bits per heavy atom. The summed E-state index contributed by atoms with van der Waals surface area (Å²) >= 11 is 1.64. The summed E-state index contributed by atoms with van der Waals surface area (Å²) in [6.07, 6.45) is 0. The van der Waals surface area contributed by atoms with E-state index in [1.807, 2.05) is 17.5 Å². The summed E-state index contributed by atoms with van der Waals surface area (Å²) in [5, 5.41) is 16.0. The fourth-order valence-electron chi connectivity index (χ4n) is 1.87. The third-order valence-electron chi connectivity index (χ3n) is 3.07. The van der Waals surface area contributed by atoms with Gasteiger partial charge < -0.3 is 5.32 Å². The van der Waals surface area contributed by atoms with Gasteiger partial charge in [-0.15, -0.1) is 11.3 Å². The van der Waals surface area contributed by atoms with Crippen LogP contribution < -0.4 is 5.32 Å². The van der Waals surface area contributed by atoms with E-state index in [1.54, 1.807) is 11.3 Å². The van der Waals surface area contributed by atoms with E-state index in [4.69, 9.17) is 0 Å². The van der Waals surface area contributed by atoms with E-state index in [1.165, 1.54) is 17.0 Å². The Kier molecular flexibility index (Phi) is 4.04. The number of nitrogens with zero attached hydrogens (tertiary/aromatic N) is 1. The first-order valence-electron chi connectivity index (χ1n) is 6.12. The summed E-state index contributed by atoms with van der Waals surface area (Å²) in [5.74, 6) is -0.611. The SMILES string of the molecule is CC(C)(CNc1ccc(F)cc1[N+](=O)[O-])c1cccs1. The maximum Gasteiger partial charge on any atom is 0.295 e. The maximum absolute atomic E-state index is 13.1. The third kappa shape index (κ3) is 3.14. The first kappa shape index (κ1) is 14.5. The molecule has 0 fully saturated rings. The number of nitro benzene ring substituents is 1. The van der Waals surface area contributed by atoms with Gasteiger partial charge in [0.25, 0.3) is 5.69 Å². The zero-order valence-corrected chi connectivity index (χ0v) is 12.0. The van der Waals surface area contributed by atoms with Gasteiger partial charge in [-0.25, -0.2) is 4.39 Å². The van der Waals surface area contributed by atoms with Gasteiger partial charge in [0.1, 0.15) is 11.5 Å². The average molecular weight is 294 g/mol. The average Bonchev–Trinajstić information content (AvgIpc) is 2.91. The van der Waals surface area contributed by atoms with Gasteiger partial charge in [-0.1, -0.05) is 19.9 Å². The normalized spacial score (nSPS) is 11.3. The van der Waals surface area contributed by atoms with Crippen LogP contribution in [0, 0.1) is 15.9 Å². The predicted molar refractivity (Wildman–Crippen MR) is 78.9 cm³/mol. The second-order valence-corrected chi connectivity index (χ2v) is 6.08. The number of thiophene rings is 1. The lowest BCUT2D eigenvalue weighted by Crippen LogP contribution is -2.26. The molecule has 0 bridgehead atoms. The number of benzene rings is 1. The van der Waals surface area contributed by atoms with Gasteiger partial charge in [-0.3, -0.25) is 10.1 Å². The second-order valence-electron chi connectivity index (χ2n) is 5.13. The molecule has 106 valence electrons. The zero-order valence-electron chi connectivity index (χ0n) is 11.2. The summed E-state index contributed by atoms with van der Waals surface area (Å²) in [4.78, 5) is 11.5. The van der Waals surface area contributed by atoms with E-state index in [0.29, 0.717) is 12.2 Å². The summed E-state index contributed by atoms with van der Waals surface area (Å²) < 4.78 is 13.1. The molecule has 0 saturated carbocycles. The quantitative estimate of drug-likeness (QED) is 0.664. The molecule has 1 aromatic heterocycles. The molecule has 0 amide bonds.